The molecule has 106 valence electrons. The number of hydrazine groups is 1. The van der Waals surface area contributed by atoms with Gasteiger partial charge in [-0.05, 0) is 24.6 Å². The van der Waals surface area contributed by atoms with Crippen LogP contribution in [0.2, 0.25) is 0 Å². The van der Waals surface area contributed by atoms with Crippen LogP contribution < -0.4 is 16.6 Å². The third kappa shape index (κ3) is 3.66. The molecule has 0 aliphatic rings. The van der Waals surface area contributed by atoms with Gasteiger partial charge in [0.1, 0.15) is 18.2 Å². The summed E-state index contributed by atoms with van der Waals surface area (Å²) < 4.78 is 6.07. The van der Waals surface area contributed by atoms with Crippen LogP contribution in [0, 0.1) is 6.92 Å². The van der Waals surface area contributed by atoms with Gasteiger partial charge < -0.3 is 15.5 Å². The maximum atomic E-state index is 5.40. The molecule has 2 rings (SSSR count). The van der Waals surface area contributed by atoms with E-state index in [4.69, 9.17) is 10.6 Å². The molecule has 0 spiro atoms. The number of halogens is 1. The number of nitrogens with one attached hydrogen (secondary N) is 2. The third-order valence-electron chi connectivity index (χ3n) is 2.64. The fourth-order valence-corrected chi connectivity index (χ4v) is 2.03. The highest BCUT2D eigenvalue weighted by atomic mass is 79.9. The maximum absolute atomic E-state index is 5.40. The van der Waals surface area contributed by atoms with Crippen molar-refractivity contribution in [1.82, 2.24) is 9.97 Å². The maximum Gasteiger partial charge on any atom is 0.158 e. The van der Waals surface area contributed by atoms with Crippen molar-refractivity contribution >= 4 is 33.3 Å². The first-order valence-electron chi connectivity index (χ1n) is 5.99. The molecule has 0 bridgehead atoms. The van der Waals surface area contributed by atoms with Crippen molar-refractivity contribution in [3.63, 3.8) is 0 Å². The van der Waals surface area contributed by atoms with Crippen LogP contribution in [0.15, 0.2) is 28.7 Å². The first-order chi connectivity index (χ1) is 9.62. The fraction of sp³-hybridized carbons (Fsp3) is 0.231. The first-order valence-corrected chi connectivity index (χ1v) is 6.78. The van der Waals surface area contributed by atoms with Crippen LogP contribution in [0.1, 0.15) is 11.4 Å². The Balaban J connectivity index is 2.27. The number of nitrogen functional groups attached to an aromatic ring is 1. The highest BCUT2D eigenvalue weighted by molar-refractivity contribution is 9.10. The Hall–Kier alpha value is -1.70. The lowest BCUT2D eigenvalue weighted by molar-refractivity contribution is 0.178. The van der Waals surface area contributed by atoms with Gasteiger partial charge in [0.2, 0.25) is 0 Å². The SMILES string of the molecule is COCc1nc(NN)cc(Nc2ccc(C)c(Br)c2)n1. The summed E-state index contributed by atoms with van der Waals surface area (Å²) in [5, 5.41) is 3.21. The predicted octanol–water partition coefficient (Wildman–Crippen LogP) is 2.72. The average Bonchev–Trinajstić information content (AvgIpc) is 2.43. The lowest BCUT2D eigenvalue weighted by Crippen LogP contribution is -2.11. The van der Waals surface area contributed by atoms with Gasteiger partial charge in [0.25, 0.3) is 0 Å². The second-order valence-corrected chi connectivity index (χ2v) is 5.08. The van der Waals surface area contributed by atoms with Crippen LogP contribution in [-0.4, -0.2) is 17.1 Å². The molecule has 0 aliphatic carbocycles. The van der Waals surface area contributed by atoms with E-state index >= 15 is 0 Å². The molecule has 0 atom stereocenters. The molecule has 0 unspecified atom stereocenters. The van der Waals surface area contributed by atoms with E-state index in [1.165, 1.54) is 5.56 Å². The van der Waals surface area contributed by atoms with Crippen LogP contribution in [-0.2, 0) is 11.3 Å². The zero-order valence-corrected chi connectivity index (χ0v) is 12.9. The molecule has 7 heteroatoms. The van der Waals surface area contributed by atoms with E-state index in [-0.39, 0.29) is 0 Å². The Morgan fingerprint density at radius 1 is 1.25 bits per heavy atom. The van der Waals surface area contributed by atoms with Crippen LogP contribution in [0.3, 0.4) is 0 Å². The standard InChI is InChI=1S/C13H16BrN5O/c1-8-3-4-9(5-10(8)14)16-11-6-12(19-15)18-13(17-11)7-20-2/h3-6H,7,15H2,1-2H3,(H2,16,17,18,19). The molecule has 4 N–H and O–H groups in total. The summed E-state index contributed by atoms with van der Waals surface area (Å²) in [6.07, 6.45) is 0. The molecule has 0 aliphatic heterocycles. The second-order valence-electron chi connectivity index (χ2n) is 4.22. The molecule has 6 nitrogen and oxygen atoms in total. The van der Waals surface area contributed by atoms with Gasteiger partial charge in [-0.15, -0.1) is 0 Å². The molecule has 0 saturated carbocycles. The number of nitrogens with two attached hydrogens (primary N) is 1. The molecule has 1 aromatic heterocycles. The Bertz CT molecular complexity index is 605. The lowest BCUT2D eigenvalue weighted by Gasteiger charge is -2.10. The summed E-state index contributed by atoms with van der Waals surface area (Å²) in [7, 11) is 1.59. The Morgan fingerprint density at radius 3 is 2.65 bits per heavy atom. The highest BCUT2D eigenvalue weighted by Gasteiger charge is 2.05. The van der Waals surface area contributed by atoms with E-state index in [9.17, 15) is 0 Å². The number of aromatic nitrogens is 2. The summed E-state index contributed by atoms with van der Waals surface area (Å²) in [5.41, 5.74) is 4.61. The minimum Gasteiger partial charge on any atom is -0.377 e. The summed E-state index contributed by atoms with van der Waals surface area (Å²) in [5.74, 6) is 7.13. The molecule has 0 saturated heterocycles. The summed E-state index contributed by atoms with van der Waals surface area (Å²) in [6, 6.07) is 7.72. The Morgan fingerprint density at radius 2 is 2.00 bits per heavy atom. The van der Waals surface area contributed by atoms with Gasteiger partial charge in [-0.2, -0.15) is 0 Å². The van der Waals surface area contributed by atoms with Gasteiger partial charge in [-0.3, -0.25) is 0 Å². The lowest BCUT2D eigenvalue weighted by atomic mass is 10.2. The first kappa shape index (κ1) is 14.7. The normalized spacial score (nSPS) is 10.4. The topological polar surface area (TPSA) is 85.1 Å². The quantitative estimate of drug-likeness (QED) is 0.574. The second kappa shape index (κ2) is 6.65. The van der Waals surface area contributed by atoms with Crippen molar-refractivity contribution in [2.45, 2.75) is 13.5 Å². The third-order valence-corrected chi connectivity index (χ3v) is 3.49. The number of nitrogens with zero attached hydrogens (tertiary/aromatic N) is 2. The van der Waals surface area contributed by atoms with Gasteiger partial charge in [-0.25, -0.2) is 15.8 Å². The van der Waals surface area contributed by atoms with Crippen molar-refractivity contribution in [3.8, 4) is 0 Å². The van der Waals surface area contributed by atoms with Crippen molar-refractivity contribution in [2.24, 2.45) is 5.84 Å². The molecular weight excluding hydrogens is 322 g/mol. The van der Waals surface area contributed by atoms with Crippen LogP contribution in [0.4, 0.5) is 17.3 Å². The van der Waals surface area contributed by atoms with E-state index in [2.05, 4.69) is 36.6 Å². The van der Waals surface area contributed by atoms with Crippen molar-refractivity contribution < 1.29 is 4.74 Å². The molecule has 0 amide bonds. The van der Waals surface area contributed by atoms with Gasteiger partial charge in [-0.1, -0.05) is 22.0 Å². The van der Waals surface area contributed by atoms with Gasteiger partial charge in [0.05, 0.1) is 0 Å². The van der Waals surface area contributed by atoms with Crippen LogP contribution >= 0.6 is 15.9 Å². The van der Waals surface area contributed by atoms with E-state index in [1.54, 1.807) is 13.2 Å². The van der Waals surface area contributed by atoms with Gasteiger partial charge in [0, 0.05) is 23.3 Å². The molecule has 20 heavy (non-hydrogen) atoms. The number of rotatable bonds is 5. The van der Waals surface area contributed by atoms with Crippen LogP contribution in [0.25, 0.3) is 0 Å². The van der Waals surface area contributed by atoms with Crippen molar-refractivity contribution in [3.05, 3.63) is 40.1 Å². The number of hydrogen-bond donors (Lipinski definition) is 3. The summed E-state index contributed by atoms with van der Waals surface area (Å²) >= 11 is 3.50. The number of benzene rings is 1. The largest absolute Gasteiger partial charge is 0.377 e. The van der Waals surface area contributed by atoms with E-state index in [0.29, 0.717) is 24.1 Å². The molecule has 1 aromatic carbocycles. The Kier molecular flexibility index (Phi) is 4.89. The molecule has 0 radical (unpaired) electrons. The number of ether oxygens (including phenoxy) is 1. The zero-order valence-electron chi connectivity index (χ0n) is 11.3. The number of aryl methyl sites for hydroxylation is 1. The molecule has 1 heterocycles. The van der Waals surface area contributed by atoms with Crippen molar-refractivity contribution in [2.75, 3.05) is 17.9 Å². The van der Waals surface area contributed by atoms with E-state index < -0.39 is 0 Å². The minimum absolute atomic E-state index is 0.321. The predicted molar refractivity (Wildman–Crippen MR) is 82.7 cm³/mol. The van der Waals surface area contributed by atoms with Gasteiger partial charge in [0.15, 0.2) is 5.82 Å². The Labute approximate surface area is 125 Å². The number of hydrogen-bond acceptors (Lipinski definition) is 6. The molecule has 0 fully saturated rings. The van der Waals surface area contributed by atoms with E-state index in [0.717, 1.165) is 10.2 Å². The minimum atomic E-state index is 0.321. The number of methoxy groups -OCH3 is 1. The number of anilines is 3. The van der Waals surface area contributed by atoms with Crippen LogP contribution in [0.5, 0.6) is 0 Å². The zero-order chi connectivity index (χ0) is 14.5. The van der Waals surface area contributed by atoms with Gasteiger partial charge >= 0.3 is 0 Å². The monoisotopic (exact) mass is 337 g/mol. The average molecular weight is 338 g/mol. The van der Waals surface area contributed by atoms with Crippen molar-refractivity contribution in [1.29, 1.82) is 0 Å². The summed E-state index contributed by atoms with van der Waals surface area (Å²) in [6.45, 7) is 2.35. The van der Waals surface area contributed by atoms with E-state index in [1.807, 2.05) is 25.1 Å². The molecule has 2 aromatic rings. The fourth-order valence-electron chi connectivity index (χ4n) is 1.65. The highest BCUT2D eigenvalue weighted by Crippen LogP contribution is 2.23. The summed E-state index contributed by atoms with van der Waals surface area (Å²) in [4.78, 5) is 8.55. The smallest absolute Gasteiger partial charge is 0.158 e. The molecular formula is C13H16BrN5O.